The van der Waals surface area contributed by atoms with E-state index in [4.69, 9.17) is 9.47 Å². The number of rotatable bonds is 30. The zero-order chi connectivity index (χ0) is 30.0. The Kier molecular flexibility index (Phi) is 23.4. The van der Waals surface area contributed by atoms with Crippen LogP contribution in [0, 0.1) is 0 Å². The van der Waals surface area contributed by atoms with Gasteiger partial charge < -0.3 is 19.7 Å². The molecule has 0 aromatic heterocycles. The minimum absolute atomic E-state index is 0.207. The Hall–Kier alpha value is -1.14. The van der Waals surface area contributed by atoms with Crippen molar-refractivity contribution in [3.05, 3.63) is 0 Å². The van der Waals surface area contributed by atoms with Gasteiger partial charge in [-0.25, -0.2) is 9.59 Å². The molecule has 6 heteroatoms. The predicted molar refractivity (Wildman–Crippen MR) is 168 cm³/mol. The van der Waals surface area contributed by atoms with E-state index in [1.807, 2.05) is 0 Å². The maximum atomic E-state index is 12.1. The topological polar surface area (TPSA) is 93.1 Å². The molecule has 2 N–H and O–H groups in total. The highest BCUT2D eigenvalue weighted by atomic mass is 16.8. The Morgan fingerprint density at radius 3 is 1.20 bits per heavy atom. The Morgan fingerprint density at radius 2 is 0.854 bits per heavy atom. The van der Waals surface area contributed by atoms with Crippen LogP contribution in [0.15, 0.2) is 0 Å². The molecular weight excluding hydrogens is 516 g/mol. The highest BCUT2D eigenvalue weighted by Crippen LogP contribution is 2.36. The number of hydrogen-bond acceptors (Lipinski definition) is 4. The molecule has 1 aliphatic heterocycles. The summed E-state index contributed by atoms with van der Waals surface area (Å²) in [6.45, 7) is 4.50. The van der Waals surface area contributed by atoms with Crippen molar-refractivity contribution in [3.8, 4) is 0 Å². The molecule has 1 rings (SSSR count). The summed E-state index contributed by atoms with van der Waals surface area (Å²) in [5.74, 6) is -4.14. The number of carbonyl (C=O) groups is 2. The molecule has 1 fully saturated rings. The molecule has 242 valence electrons. The van der Waals surface area contributed by atoms with E-state index in [1.165, 1.54) is 122 Å². The van der Waals surface area contributed by atoms with Crippen LogP contribution in [0.1, 0.15) is 194 Å². The largest absolute Gasteiger partial charge is 0.479 e. The summed E-state index contributed by atoms with van der Waals surface area (Å²) in [6.07, 6.45) is 30.8. The molecule has 0 amide bonds. The molecule has 1 saturated heterocycles. The standard InChI is InChI=1S/C35H66O6/c1-3-5-7-9-11-13-15-17-19-21-23-25-27-29-31-32(33(36)37)41-35(40-31,34(38)39)30-28-26-24-22-20-18-16-14-12-10-8-6-4-2/h31-32H,3-30H2,1-2H3,(H,36,37)(H,38,39). The lowest BCUT2D eigenvalue weighted by atomic mass is 10.0. The summed E-state index contributed by atoms with van der Waals surface area (Å²) >= 11 is 0. The first-order chi connectivity index (χ1) is 20.0. The van der Waals surface area contributed by atoms with Crippen LogP contribution in [0.3, 0.4) is 0 Å². The average molecular weight is 583 g/mol. The zero-order valence-electron chi connectivity index (χ0n) is 27.0. The molecule has 3 unspecified atom stereocenters. The molecule has 3 atom stereocenters. The average Bonchev–Trinajstić information content (AvgIpc) is 3.34. The highest BCUT2D eigenvalue weighted by molar-refractivity contribution is 5.79. The number of hydrogen-bond donors (Lipinski definition) is 2. The number of carboxylic acids is 2. The van der Waals surface area contributed by atoms with E-state index in [0.29, 0.717) is 12.8 Å². The molecule has 41 heavy (non-hydrogen) atoms. The lowest BCUT2D eigenvalue weighted by Gasteiger charge is -2.23. The molecule has 0 aromatic carbocycles. The molecule has 0 aliphatic carbocycles. The van der Waals surface area contributed by atoms with E-state index in [1.54, 1.807) is 0 Å². The van der Waals surface area contributed by atoms with Gasteiger partial charge in [-0.05, 0) is 12.8 Å². The second kappa shape index (κ2) is 25.4. The summed E-state index contributed by atoms with van der Waals surface area (Å²) in [7, 11) is 0. The molecule has 0 radical (unpaired) electrons. The van der Waals surface area contributed by atoms with E-state index in [0.717, 1.165) is 38.5 Å². The quantitative estimate of drug-likeness (QED) is 0.0818. The number of unbranched alkanes of at least 4 members (excludes halogenated alkanes) is 24. The second-order valence-corrected chi connectivity index (χ2v) is 12.6. The van der Waals surface area contributed by atoms with Crippen molar-refractivity contribution in [1.82, 2.24) is 0 Å². The third kappa shape index (κ3) is 18.2. The third-order valence-electron chi connectivity index (χ3n) is 8.77. The maximum Gasteiger partial charge on any atom is 0.364 e. The van der Waals surface area contributed by atoms with Crippen LogP contribution in [-0.2, 0) is 19.1 Å². The van der Waals surface area contributed by atoms with E-state index in [-0.39, 0.29) is 6.42 Å². The van der Waals surface area contributed by atoms with E-state index in [9.17, 15) is 19.8 Å². The Balaban J connectivity index is 2.18. The van der Waals surface area contributed by atoms with Gasteiger partial charge in [0, 0.05) is 6.42 Å². The van der Waals surface area contributed by atoms with Gasteiger partial charge in [0.1, 0.15) is 0 Å². The SMILES string of the molecule is CCCCCCCCCCCCCCCC1OC(CCCCCCCCCCCCCCC)(C(=O)O)OC1C(=O)O. The lowest BCUT2D eigenvalue weighted by Crippen LogP contribution is -2.41. The van der Waals surface area contributed by atoms with E-state index >= 15 is 0 Å². The van der Waals surface area contributed by atoms with Crippen LogP contribution >= 0.6 is 0 Å². The van der Waals surface area contributed by atoms with Gasteiger partial charge in [-0.2, -0.15) is 0 Å². The number of carboxylic acid groups (broad SMARTS) is 2. The van der Waals surface area contributed by atoms with Gasteiger partial charge in [0.15, 0.2) is 6.10 Å². The molecule has 1 heterocycles. The monoisotopic (exact) mass is 582 g/mol. The van der Waals surface area contributed by atoms with Crippen LogP contribution in [0.4, 0.5) is 0 Å². The van der Waals surface area contributed by atoms with Crippen molar-refractivity contribution < 1.29 is 29.3 Å². The number of ether oxygens (including phenoxy) is 2. The zero-order valence-corrected chi connectivity index (χ0v) is 27.0. The summed E-state index contributed by atoms with van der Waals surface area (Å²) in [6, 6.07) is 0. The van der Waals surface area contributed by atoms with Gasteiger partial charge >= 0.3 is 11.9 Å². The molecular formula is C35H66O6. The Bertz CT molecular complexity index is 638. The van der Waals surface area contributed by atoms with E-state index < -0.39 is 29.9 Å². The molecule has 0 saturated carbocycles. The van der Waals surface area contributed by atoms with Crippen molar-refractivity contribution in [2.45, 2.75) is 212 Å². The van der Waals surface area contributed by atoms with Gasteiger partial charge in [-0.15, -0.1) is 0 Å². The highest BCUT2D eigenvalue weighted by Gasteiger charge is 2.55. The first-order valence-corrected chi connectivity index (χ1v) is 17.8. The van der Waals surface area contributed by atoms with Crippen molar-refractivity contribution in [1.29, 1.82) is 0 Å². The fourth-order valence-corrected chi connectivity index (χ4v) is 6.10. The van der Waals surface area contributed by atoms with Gasteiger partial charge in [0.05, 0.1) is 6.10 Å². The fourth-order valence-electron chi connectivity index (χ4n) is 6.10. The van der Waals surface area contributed by atoms with Crippen LogP contribution < -0.4 is 0 Å². The van der Waals surface area contributed by atoms with Crippen molar-refractivity contribution in [2.75, 3.05) is 0 Å². The number of aliphatic carboxylic acids is 2. The van der Waals surface area contributed by atoms with Gasteiger partial charge in [-0.1, -0.05) is 174 Å². The van der Waals surface area contributed by atoms with Crippen molar-refractivity contribution in [2.24, 2.45) is 0 Å². The van der Waals surface area contributed by atoms with Crippen LogP contribution in [-0.4, -0.2) is 40.1 Å². The molecule has 1 aliphatic rings. The molecule has 6 nitrogen and oxygen atoms in total. The maximum absolute atomic E-state index is 12.1. The molecule has 0 aromatic rings. The summed E-state index contributed by atoms with van der Waals surface area (Å²) < 4.78 is 11.5. The predicted octanol–water partition coefficient (Wildman–Crippen LogP) is 10.6. The van der Waals surface area contributed by atoms with Crippen LogP contribution in [0.25, 0.3) is 0 Å². The fraction of sp³-hybridized carbons (Fsp3) is 0.943. The molecule has 0 spiro atoms. The minimum atomic E-state index is -1.82. The van der Waals surface area contributed by atoms with Gasteiger partial charge in [-0.3, -0.25) is 0 Å². The van der Waals surface area contributed by atoms with Crippen LogP contribution in [0.5, 0.6) is 0 Å². The first kappa shape index (κ1) is 37.9. The molecule has 0 bridgehead atoms. The first-order valence-electron chi connectivity index (χ1n) is 17.8. The summed E-state index contributed by atoms with van der Waals surface area (Å²) in [5, 5.41) is 19.6. The minimum Gasteiger partial charge on any atom is -0.479 e. The smallest absolute Gasteiger partial charge is 0.364 e. The van der Waals surface area contributed by atoms with Crippen molar-refractivity contribution in [3.63, 3.8) is 0 Å². The Morgan fingerprint density at radius 1 is 0.512 bits per heavy atom. The third-order valence-corrected chi connectivity index (χ3v) is 8.77. The van der Waals surface area contributed by atoms with Gasteiger partial charge in [0.25, 0.3) is 5.79 Å². The van der Waals surface area contributed by atoms with Gasteiger partial charge in [0.2, 0.25) is 0 Å². The normalized spacial score (nSPS) is 20.5. The summed E-state index contributed by atoms with van der Waals surface area (Å²) in [4.78, 5) is 24.0. The second-order valence-electron chi connectivity index (χ2n) is 12.6. The van der Waals surface area contributed by atoms with E-state index in [2.05, 4.69) is 13.8 Å². The lowest BCUT2D eigenvalue weighted by molar-refractivity contribution is -0.213. The summed E-state index contributed by atoms with van der Waals surface area (Å²) in [5.41, 5.74) is 0. The Labute approximate surface area is 252 Å². The van der Waals surface area contributed by atoms with Crippen molar-refractivity contribution >= 4 is 11.9 Å². The van der Waals surface area contributed by atoms with Crippen LogP contribution in [0.2, 0.25) is 0 Å².